The summed E-state index contributed by atoms with van der Waals surface area (Å²) >= 11 is 7.43. The SMILES string of the molecule is C=CCOc1ccc([C@H]2/C(=C(\O)c3ccc4c(c3)C[C@@H](C)O4)C(=O)C(=O)N2c2nc3ccc(Cl)cc3s2)cc1. The van der Waals surface area contributed by atoms with Crippen molar-refractivity contribution in [2.75, 3.05) is 11.5 Å². The van der Waals surface area contributed by atoms with E-state index in [4.69, 9.17) is 21.1 Å². The number of Topliss-reactive ketones (excluding diaryl/α,β-unsaturated/α-hetero) is 1. The minimum absolute atomic E-state index is 0.0102. The Balaban J connectivity index is 1.50. The number of anilines is 1. The number of hydrogen-bond donors (Lipinski definition) is 1. The van der Waals surface area contributed by atoms with Crippen LogP contribution in [-0.2, 0) is 16.0 Å². The Hall–Kier alpha value is -4.14. The highest BCUT2D eigenvalue weighted by Gasteiger charge is 2.48. The summed E-state index contributed by atoms with van der Waals surface area (Å²) in [5.74, 6) is -0.444. The maximum atomic E-state index is 13.5. The Kier molecular flexibility index (Phi) is 6.37. The molecular weight excluding hydrogens is 536 g/mol. The summed E-state index contributed by atoms with van der Waals surface area (Å²) in [5.41, 5.74) is 2.64. The molecule has 1 amide bonds. The molecule has 3 heterocycles. The summed E-state index contributed by atoms with van der Waals surface area (Å²) in [6.07, 6.45) is 2.36. The van der Waals surface area contributed by atoms with Gasteiger partial charge in [0.2, 0.25) is 0 Å². The molecule has 0 spiro atoms. The Morgan fingerprint density at radius 3 is 2.77 bits per heavy atom. The van der Waals surface area contributed by atoms with E-state index in [1.807, 2.05) is 13.0 Å². The smallest absolute Gasteiger partial charge is 0.301 e. The molecule has 6 rings (SSSR count). The highest BCUT2D eigenvalue weighted by Crippen LogP contribution is 2.45. The van der Waals surface area contributed by atoms with Crippen LogP contribution in [0.5, 0.6) is 11.5 Å². The molecule has 39 heavy (non-hydrogen) atoms. The number of benzene rings is 3. The molecule has 2 aliphatic heterocycles. The number of amides is 1. The number of ether oxygens (including phenoxy) is 2. The van der Waals surface area contributed by atoms with Crippen LogP contribution < -0.4 is 14.4 Å². The summed E-state index contributed by atoms with van der Waals surface area (Å²) in [4.78, 5) is 33.1. The van der Waals surface area contributed by atoms with E-state index in [9.17, 15) is 14.7 Å². The van der Waals surface area contributed by atoms with Crippen molar-refractivity contribution in [3.63, 3.8) is 0 Å². The highest BCUT2D eigenvalue weighted by molar-refractivity contribution is 7.22. The van der Waals surface area contributed by atoms with Gasteiger partial charge in [0, 0.05) is 17.0 Å². The molecule has 4 aromatic rings. The van der Waals surface area contributed by atoms with Crippen molar-refractivity contribution < 1.29 is 24.2 Å². The molecule has 196 valence electrons. The number of hydrogen-bond acceptors (Lipinski definition) is 7. The van der Waals surface area contributed by atoms with Crippen LogP contribution in [0.1, 0.15) is 29.7 Å². The van der Waals surface area contributed by atoms with Gasteiger partial charge in [-0.3, -0.25) is 14.5 Å². The molecule has 2 aliphatic rings. The van der Waals surface area contributed by atoms with Crippen molar-refractivity contribution in [1.29, 1.82) is 0 Å². The quantitative estimate of drug-likeness (QED) is 0.126. The lowest BCUT2D eigenvalue weighted by Gasteiger charge is -2.23. The number of halogens is 1. The van der Waals surface area contributed by atoms with Crippen molar-refractivity contribution in [3.05, 3.63) is 101 Å². The largest absolute Gasteiger partial charge is 0.507 e. The Labute approximate surface area is 233 Å². The number of ketones is 1. The average Bonchev–Trinajstić information content (AvgIpc) is 3.59. The maximum absolute atomic E-state index is 13.5. The summed E-state index contributed by atoms with van der Waals surface area (Å²) in [7, 11) is 0. The van der Waals surface area contributed by atoms with Gasteiger partial charge in [-0.05, 0) is 66.6 Å². The zero-order chi connectivity index (χ0) is 27.3. The fraction of sp³-hybridized carbons (Fsp3) is 0.167. The molecule has 1 fully saturated rings. The normalized spacial score (nSPS) is 19.8. The van der Waals surface area contributed by atoms with E-state index in [0.717, 1.165) is 16.0 Å². The average molecular weight is 559 g/mol. The predicted octanol–water partition coefficient (Wildman–Crippen LogP) is 6.46. The molecule has 2 atom stereocenters. The van der Waals surface area contributed by atoms with Crippen LogP contribution in [0.15, 0.2) is 78.9 Å². The van der Waals surface area contributed by atoms with E-state index in [-0.39, 0.29) is 17.4 Å². The van der Waals surface area contributed by atoms with Gasteiger partial charge in [-0.15, -0.1) is 0 Å². The zero-order valence-corrected chi connectivity index (χ0v) is 22.5. The highest BCUT2D eigenvalue weighted by atomic mass is 35.5. The van der Waals surface area contributed by atoms with E-state index >= 15 is 0 Å². The number of fused-ring (bicyclic) bond motifs is 2. The van der Waals surface area contributed by atoms with Crippen LogP contribution in [0.2, 0.25) is 5.02 Å². The van der Waals surface area contributed by atoms with E-state index in [2.05, 4.69) is 11.6 Å². The van der Waals surface area contributed by atoms with E-state index in [0.29, 0.717) is 45.6 Å². The second kappa shape index (κ2) is 9.87. The number of aliphatic hydroxyl groups is 1. The van der Waals surface area contributed by atoms with Gasteiger partial charge < -0.3 is 14.6 Å². The summed E-state index contributed by atoms with van der Waals surface area (Å²) in [5, 5.41) is 12.4. The number of carbonyl (C=O) groups is 2. The third-order valence-electron chi connectivity index (χ3n) is 6.72. The fourth-order valence-corrected chi connectivity index (χ4v) is 6.23. The third kappa shape index (κ3) is 4.45. The van der Waals surface area contributed by atoms with Crippen molar-refractivity contribution >= 4 is 55.7 Å². The second-order valence-electron chi connectivity index (χ2n) is 9.40. The molecule has 0 radical (unpaired) electrons. The molecular formula is C30H23ClN2O5S. The molecule has 0 bridgehead atoms. The predicted molar refractivity (Wildman–Crippen MR) is 152 cm³/mol. The van der Waals surface area contributed by atoms with Gasteiger partial charge in [-0.1, -0.05) is 47.7 Å². The van der Waals surface area contributed by atoms with Crippen molar-refractivity contribution in [2.45, 2.75) is 25.5 Å². The minimum Gasteiger partial charge on any atom is -0.507 e. The molecule has 0 saturated carbocycles. The lowest BCUT2D eigenvalue weighted by atomic mass is 9.94. The van der Waals surface area contributed by atoms with E-state index in [1.54, 1.807) is 60.7 Å². The zero-order valence-electron chi connectivity index (χ0n) is 20.9. The monoisotopic (exact) mass is 558 g/mol. The van der Waals surface area contributed by atoms with Gasteiger partial charge in [0.05, 0.1) is 21.8 Å². The number of aliphatic hydroxyl groups excluding tert-OH is 1. The first-order valence-corrected chi connectivity index (χ1v) is 13.5. The molecule has 9 heteroatoms. The number of rotatable bonds is 6. The Bertz CT molecular complexity index is 1680. The summed E-state index contributed by atoms with van der Waals surface area (Å²) in [6.45, 7) is 5.97. The van der Waals surface area contributed by atoms with Gasteiger partial charge in [0.15, 0.2) is 5.13 Å². The second-order valence-corrected chi connectivity index (χ2v) is 10.8. The van der Waals surface area contributed by atoms with Gasteiger partial charge in [0.25, 0.3) is 5.78 Å². The standard InChI is InChI=1S/C30H23ClN2O5S/c1-3-12-37-21-8-4-17(5-9-21)26-25(27(34)18-6-11-23-19(14-18)13-16(2)38-23)28(35)29(36)33(26)30-32-22-10-7-20(31)15-24(22)39-30/h3-11,14-16,26,34H,1,12-13H2,2H3/b27-25+/t16-,26+/m1/s1. The van der Waals surface area contributed by atoms with Crippen LogP contribution in [-0.4, -0.2) is 34.5 Å². The molecule has 1 saturated heterocycles. The molecule has 3 aromatic carbocycles. The fourth-order valence-electron chi connectivity index (χ4n) is 4.96. The maximum Gasteiger partial charge on any atom is 0.301 e. The van der Waals surface area contributed by atoms with Crippen LogP contribution in [0.4, 0.5) is 5.13 Å². The van der Waals surface area contributed by atoms with Crippen molar-refractivity contribution in [3.8, 4) is 11.5 Å². The van der Waals surface area contributed by atoms with Gasteiger partial charge in [-0.2, -0.15) is 0 Å². The van der Waals surface area contributed by atoms with Crippen LogP contribution >= 0.6 is 22.9 Å². The van der Waals surface area contributed by atoms with Crippen LogP contribution in [0.3, 0.4) is 0 Å². The summed E-state index contributed by atoms with van der Waals surface area (Å²) in [6, 6.07) is 16.7. The number of nitrogens with zero attached hydrogens (tertiary/aromatic N) is 2. The first-order chi connectivity index (χ1) is 18.8. The molecule has 1 N–H and O–H groups in total. The number of carbonyl (C=O) groups excluding carboxylic acids is 2. The minimum atomic E-state index is -0.905. The first kappa shape index (κ1) is 25.2. The van der Waals surface area contributed by atoms with Gasteiger partial charge in [-0.25, -0.2) is 4.98 Å². The van der Waals surface area contributed by atoms with Crippen LogP contribution in [0.25, 0.3) is 16.0 Å². The Morgan fingerprint density at radius 1 is 1.21 bits per heavy atom. The molecule has 1 aromatic heterocycles. The number of thiazole rings is 1. The summed E-state index contributed by atoms with van der Waals surface area (Å²) < 4.78 is 12.2. The lowest BCUT2D eigenvalue weighted by molar-refractivity contribution is -0.132. The van der Waals surface area contributed by atoms with E-state index in [1.165, 1.54) is 16.2 Å². The van der Waals surface area contributed by atoms with Crippen LogP contribution in [0, 0.1) is 0 Å². The number of aromatic nitrogens is 1. The van der Waals surface area contributed by atoms with Crippen molar-refractivity contribution in [2.24, 2.45) is 0 Å². The molecule has 0 aliphatic carbocycles. The van der Waals surface area contributed by atoms with Gasteiger partial charge in [0.1, 0.15) is 30.0 Å². The first-order valence-electron chi connectivity index (χ1n) is 12.3. The Morgan fingerprint density at radius 2 is 2.00 bits per heavy atom. The van der Waals surface area contributed by atoms with Crippen molar-refractivity contribution in [1.82, 2.24) is 4.98 Å². The third-order valence-corrected chi connectivity index (χ3v) is 7.98. The molecule has 0 unspecified atom stereocenters. The van der Waals surface area contributed by atoms with E-state index < -0.39 is 17.7 Å². The topological polar surface area (TPSA) is 89.0 Å². The molecule has 7 nitrogen and oxygen atoms in total. The van der Waals surface area contributed by atoms with Gasteiger partial charge >= 0.3 is 5.91 Å². The lowest BCUT2D eigenvalue weighted by Crippen LogP contribution is -2.29.